The molecule has 0 saturated carbocycles. The average molecular weight is 399 g/mol. The highest BCUT2D eigenvalue weighted by atomic mass is 32.2. The van der Waals surface area contributed by atoms with E-state index in [1.807, 2.05) is 6.07 Å². The Labute approximate surface area is 158 Å². The minimum atomic E-state index is -3.71. The lowest BCUT2D eigenvalue weighted by Gasteiger charge is -1.99. The van der Waals surface area contributed by atoms with Crippen LogP contribution < -0.4 is 5.76 Å². The van der Waals surface area contributed by atoms with Gasteiger partial charge in [-0.05, 0) is 24.3 Å². The van der Waals surface area contributed by atoms with Crippen LogP contribution in [0.5, 0.6) is 0 Å². The van der Waals surface area contributed by atoms with E-state index in [0.717, 1.165) is 4.68 Å². The molecule has 0 aliphatic rings. The Balaban J connectivity index is 1.52. The van der Waals surface area contributed by atoms with Crippen molar-refractivity contribution in [1.29, 1.82) is 0 Å². The largest absolute Gasteiger partial charge is 0.437 e. The third-order valence-corrected chi connectivity index (χ3v) is 5.21. The zero-order valence-electron chi connectivity index (χ0n) is 14.3. The molecule has 0 aliphatic heterocycles. The molecule has 28 heavy (non-hydrogen) atoms. The summed E-state index contributed by atoms with van der Waals surface area (Å²) >= 11 is 0. The number of rotatable bonds is 6. The lowest BCUT2D eigenvalue weighted by atomic mass is 10.2. The SMILES string of the molecule is O=c1oc(-c2ccccc2)nn1Cc1nc(CS(=O)(=O)c2ccccn2)no1. The highest BCUT2D eigenvalue weighted by Crippen LogP contribution is 2.15. The van der Waals surface area contributed by atoms with Crippen LogP contribution in [0.4, 0.5) is 0 Å². The van der Waals surface area contributed by atoms with Crippen LogP contribution in [-0.4, -0.2) is 33.3 Å². The molecule has 3 heterocycles. The summed E-state index contributed by atoms with van der Waals surface area (Å²) in [6.07, 6.45) is 1.38. The van der Waals surface area contributed by atoms with Gasteiger partial charge in [0.25, 0.3) is 0 Å². The fourth-order valence-corrected chi connectivity index (χ4v) is 3.53. The molecule has 0 unspecified atom stereocenters. The molecule has 0 saturated heterocycles. The first-order chi connectivity index (χ1) is 13.5. The number of sulfone groups is 1. The Bertz CT molecular complexity index is 1250. The first-order valence-corrected chi connectivity index (χ1v) is 9.75. The topological polar surface area (TPSA) is 134 Å². The lowest BCUT2D eigenvalue weighted by Crippen LogP contribution is -2.16. The van der Waals surface area contributed by atoms with Gasteiger partial charge in [0.2, 0.25) is 21.6 Å². The quantitative estimate of drug-likeness (QED) is 0.470. The Morgan fingerprint density at radius 3 is 2.57 bits per heavy atom. The minimum Gasteiger partial charge on any atom is -0.388 e. The molecule has 0 atom stereocenters. The lowest BCUT2D eigenvalue weighted by molar-refractivity contribution is 0.356. The number of aromatic nitrogens is 5. The van der Waals surface area contributed by atoms with Gasteiger partial charge in [0, 0.05) is 11.8 Å². The van der Waals surface area contributed by atoms with Crippen LogP contribution >= 0.6 is 0 Å². The van der Waals surface area contributed by atoms with Crippen molar-refractivity contribution < 1.29 is 17.4 Å². The van der Waals surface area contributed by atoms with Gasteiger partial charge in [-0.3, -0.25) is 0 Å². The van der Waals surface area contributed by atoms with Gasteiger partial charge < -0.3 is 8.94 Å². The Hall–Kier alpha value is -3.60. The fourth-order valence-electron chi connectivity index (χ4n) is 2.42. The Morgan fingerprint density at radius 1 is 1.04 bits per heavy atom. The van der Waals surface area contributed by atoms with Crippen LogP contribution in [0.15, 0.2) is 73.5 Å². The number of benzene rings is 1. The van der Waals surface area contributed by atoms with Gasteiger partial charge in [-0.15, -0.1) is 5.10 Å². The van der Waals surface area contributed by atoms with E-state index >= 15 is 0 Å². The van der Waals surface area contributed by atoms with Gasteiger partial charge in [0.15, 0.2) is 10.9 Å². The molecule has 0 spiro atoms. The Kier molecular flexibility index (Phi) is 4.57. The molecule has 4 rings (SSSR count). The van der Waals surface area contributed by atoms with E-state index in [-0.39, 0.29) is 29.2 Å². The average Bonchev–Trinajstić information content (AvgIpc) is 3.29. The zero-order chi connectivity index (χ0) is 19.6. The van der Waals surface area contributed by atoms with Gasteiger partial charge in [-0.25, -0.2) is 18.2 Å². The molecule has 0 amide bonds. The summed E-state index contributed by atoms with van der Waals surface area (Å²) in [7, 11) is -3.71. The van der Waals surface area contributed by atoms with Crippen molar-refractivity contribution in [1.82, 2.24) is 24.9 Å². The summed E-state index contributed by atoms with van der Waals surface area (Å²) in [5, 5.41) is 7.66. The van der Waals surface area contributed by atoms with Crippen molar-refractivity contribution in [2.24, 2.45) is 0 Å². The highest BCUT2D eigenvalue weighted by Gasteiger charge is 2.21. The Morgan fingerprint density at radius 2 is 1.82 bits per heavy atom. The standard InChI is InChI=1S/C17H13N5O5S/c23-17-22(20-16(26-17)12-6-2-1-3-7-12)10-14-19-13(21-27-14)11-28(24,25)15-8-4-5-9-18-15/h1-9H,10-11H2. The van der Waals surface area contributed by atoms with E-state index in [4.69, 9.17) is 8.94 Å². The number of nitrogens with zero attached hydrogens (tertiary/aromatic N) is 5. The van der Waals surface area contributed by atoms with Gasteiger partial charge in [-0.1, -0.05) is 29.4 Å². The van der Waals surface area contributed by atoms with Gasteiger partial charge >= 0.3 is 5.76 Å². The molecule has 10 nitrogen and oxygen atoms in total. The molecular weight excluding hydrogens is 386 g/mol. The van der Waals surface area contributed by atoms with Crippen molar-refractivity contribution in [3.63, 3.8) is 0 Å². The fraction of sp³-hybridized carbons (Fsp3) is 0.118. The van der Waals surface area contributed by atoms with Crippen molar-refractivity contribution >= 4 is 9.84 Å². The molecule has 0 radical (unpaired) electrons. The zero-order valence-corrected chi connectivity index (χ0v) is 15.1. The predicted octanol–water partition coefficient (Wildman–Crippen LogP) is 1.30. The van der Waals surface area contributed by atoms with Crippen molar-refractivity contribution in [3.8, 4) is 11.5 Å². The summed E-state index contributed by atoms with van der Waals surface area (Å²) in [6.45, 7) is -0.147. The maximum atomic E-state index is 12.3. The first-order valence-electron chi connectivity index (χ1n) is 8.10. The van der Waals surface area contributed by atoms with Gasteiger partial charge in [-0.2, -0.15) is 9.67 Å². The third kappa shape index (κ3) is 3.74. The van der Waals surface area contributed by atoms with E-state index < -0.39 is 21.3 Å². The molecular formula is C17H13N5O5S. The smallest absolute Gasteiger partial charge is 0.388 e. The molecule has 0 fully saturated rings. The minimum absolute atomic E-state index is 0.0289. The van der Waals surface area contributed by atoms with Crippen LogP contribution in [0.3, 0.4) is 0 Å². The summed E-state index contributed by atoms with van der Waals surface area (Å²) < 4.78 is 35.8. The molecule has 1 aromatic carbocycles. The maximum Gasteiger partial charge on any atom is 0.437 e. The predicted molar refractivity (Wildman–Crippen MR) is 94.7 cm³/mol. The molecule has 142 valence electrons. The van der Waals surface area contributed by atoms with Crippen LogP contribution in [0.2, 0.25) is 0 Å². The van der Waals surface area contributed by atoms with Gasteiger partial charge in [0.1, 0.15) is 12.3 Å². The van der Waals surface area contributed by atoms with Crippen LogP contribution in [0, 0.1) is 0 Å². The maximum absolute atomic E-state index is 12.3. The second-order valence-corrected chi connectivity index (χ2v) is 7.66. The van der Waals surface area contributed by atoms with E-state index in [0.29, 0.717) is 5.56 Å². The molecule has 4 aromatic rings. The van der Waals surface area contributed by atoms with Crippen LogP contribution in [-0.2, 0) is 22.1 Å². The van der Waals surface area contributed by atoms with Crippen LogP contribution in [0.1, 0.15) is 11.7 Å². The summed E-state index contributed by atoms with van der Waals surface area (Å²) in [6, 6.07) is 13.5. The summed E-state index contributed by atoms with van der Waals surface area (Å²) in [5.41, 5.74) is 0.644. The molecule has 11 heteroatoms. The molecule has 0 N–H and O–H groups in total. The molecule has 0 aliphatic carbocycles. The molecule has 0 bridgehead atoms. The van der Waals surface area contributed by atoms with E-state index in [9.17, 15) is 13.2 Å². The van der Waals surface area contributed by atoms with Crippen LogP contribution in [0.25, 0.3) is 11.5 Å². The monoisotopic (exact) mass is 399 g/mol. The van der Waals surface area contributed by atoms with Crippen molar-refractivity contribution in [3.05, 3.63) is 77.0 Å². The number of hydrogen-bond donors (Lipinski definition) is 0. The van der Waals surface area contributed by atoms with Crippen molar-refractivity contribution in [2.45, 2.75) is 17.3 Å². The second-order valence-electron chi connectivity index (χ2n) is 5.73. The van der Waals surface area contributed by atoms with E-state index in [1.165, 1.54) is 12.3 Å². The number of hydrogen-bond acceptors (Lipinski definition) is 9. The summed E-state index contributed by atoms with van der Waals surface area (Å²) in [4.78, 5) is 19.8. The van der Waals surface area contributed by atoms with E-state index in [2.05, 4.69) is 20.2 Å². The van der Waals surface area contributed by atoms with Gasteiger partial charge in [0.05, 0.1) is 0 Å². The normalized spacial score (nSPS) is 11.6. The highest BCUT2D eigenvalue weighted by molar-refractivity contribution is 7.90. The van der Waals surface area contributed by atoms with E-state index in [1.54, 1.807) is 36.4 Å². The first kappa shape index (κ1) is 17.8. The number of pyridine rings is 1. The van der Waals surface area contributed by atoms with Crippen molar-refractivity contribution in [2.75, 3.05) is 0 Å². The third-order valence-electron chi connectivity index (χ3n) is 3.70. The second kappa shape index (κ2) is 7.19. The summed E-state index contributed by atoms with van der Waals surface area (Å²) in [5.74, 6) is -1.03. The molecule has 3 aromatic heterocycles.